The number of nitrogens with one attached hydrogen (secondary N) is 1. The maximum Gasteiger partial charge on any atom is 0.250 e. The van der Waals surface area contributed by atoms with Crippen LogP contribution >= 0.6 is 11.6 Å². The summed E-state index contributed by atoms with van der Waals surface area (Å²) in [4.78, 5) is 22.3. The van der Waals surface area contributed by atoms with Crippen LogP contribution < -0.4 is 15.0 Å². The number of benzene rings is 2. The van der Waals surface area contributed by atoms with Crippen molar-refractivity contribution in [2.24, 2.45) is 0 Å². The minimum atomic E-state index is -0.365. The third kappa shape index (κ3) is 3.25. The molecule has 2 aromatic carbocycles. The first kappa shape index (κ1) is 18.2. The molecule has 0 unspecified atom stereocenters. The van der Waals surface area contributed by atoms with E-state index in [-0.39, 0.29) is 18.3 Å². The van der Waals surface area contributed by atoms with Crippen LogP contribution in [0.2, 0.25) is 5.02 Å². The maximum atomic E-state index is 14.0. The molecule has 0 bridgehead atoms. The van der Waals surface area contributed by atoms with Crippen molar-refractivity contribution in [3.05, 3.63) is 65.7 Å². The minimum Gasteiger partial charge on any atom is -0.489 e. The number of rotatable bonds is 4. The van der Waals surface area contributed by atoms with Crippen molar-refractivity contribution in [3.8, 4) is 5.75 Å². The Bertz CT molecular complexity index is 1090. The number of hydrogen-bond donors (Lipinski definition) is 1. The number of nitrogens with zero attached hydrogens (tertiary/aromatic N) is 3. The van der Waals surface area contributed by atoms with Crippen molar-refractivity contribution in [2.45, 2.75) is 6.54 Å². The first-order valence-corrected chi connectivity index (χ1v) is 8.98. The van der Waals surface area contributed by atoms with E-state index >= 15 is 0 Å². The van der Waals surface area contributed by atoms with Crippen molar-refractivity contribution in [3.63, 3.8) is 0 Å². The third-order valence-corrected chi connectivity index (χ3v) is 4.72. The minimum absolute atomic E-state index is 0.178. The Kier molecular flexibility index (Phi) is 4.83. The van der Waals surface area contributed by atoms with Gasteiger partial charge in [-0.1, -0.05) is 18.2 Å². The summed E-state index contributed by atoms with van der Waals surface area (Å²) >= 11 is 5.96. The van der Waals surface area contributed by atoms with Crippen molar-refractivity contribution in [1.29, 1.82) is 0 Å². The van der Waals surface area contributed by atoms with Crippen LogP contribution in [0.1, 0.15) is 5.56 Å². The van der Waals surface area contributed by atoms with Crippen LogP contribution in [0.3, 0.4) is 0 Å². The molecule has 0 aliphatic carbocycles. The highest BCUT2D eigenvalue weighted by molar-refractivity contribution is 6.30. The fourth-order valence-corrected chi connectivity index (χ4v) is 3.35. The van der Waals surface area contributed by atoms with Crippen LogP contribution in [0.4, 0.5) is 15.9 Å². The lowest BCUT2D eigenvalue weighted by Crippen LogP contribution is -2.36. The normalized spacial score (nSPS) is 13.0. The second-order valence-electron chi connectivity index (χ2n) is 6.16. The molecule has 1 aliphatic rings. The first-order chi connectivity index (χ1) is 13.6. The van der Waals surface area contributed by atoms with Gasteiger partial charge in [-0.3, -0.25) is 4.79 Å². The number of halogens is 2. The zero-order chi connectivity index (χ0) is 19.7. The number of ether oxygens (including phenoxy) is 1. The standard InChI is InChI=1S/C20H16ClFN4O2/c1-2-17(27)26-7-8-28-19-16(26)6-5-15-18(19)20(25-11-24-15)23-10-12-9-13(21)3-4-14(12)22/h2-6,9,11H,1,7-8,10H2,(H,23,24,25). The lowest BCUT2D eigenvalue weighted by Gasteiger charge is -2.29. The number of anilines is 2. The molecular formula is C20H16ClFN4O2. The van der Waals surface area contributed by atoms with Crippen molar-refractivity contribution in [2.75, 3.05) is 23.4 Å². The lowest BCUT2D eigenvalue weighted by molar-refractivity contribution is -0.114. The molecule has 0 saturated heterocycles. The summed E-state index contributed by atoms with van der Waals surface area (Å²) in [5.74, 6) is 0.412. The Hall–Kier alpha value is -3.19. The predicted molar refractivity (Wildman–Crippen MR) is 106 cm³/mol. The van der Waals surface area contributed by atoms with Gasteiger partial charge in [0.05, 0.1) is 23.1 Å². The van der Waals surface area contributed by atoms with Crippen LogP contribution in [-0.2, 0) is 11.3 Å². The molecule has 0 saturated carbocycles. The average molecular weight is 399 g/mol. The summed E-state index contributed by atoms with van der Waals surface area (Å²) in [6.45, 7) is 4.49. The SMILES string of the molecule is C=CC(=O)N1CCOc2c1ccc1ncnc(NCc3cc(Cl)ccc3F)c21. The smallest absolute Gasteiger partial charge is 0.250 e. The van der Waals surface area contributed by atoms with Crippen molar-refractivity contribution in [1.82, 2.24) is 9.97 Å². The summed E-state index contributed by atoms with van der Waals surface area (Å²) in [6.07, 6.45) is 2.68. The van der Waals surface area contributed by atoms with Gasteiger partial charge in [-0.25, -0.2) is 14.4 Å². The van der Waals surface area contributed by atoms with E-state index < -0.39 is 0 Å². The molecule has 142 valence electrons. The van der Waals surface area contributed by atoms with Gasteiger partial charge < -0.3 is 15.0 Å². The number of fused-ring (bicyclic) bond motifs is 3. The van der Waals surface area contributed by atoms with E-state index in [1.165, 1.54) is 24.5 Å². The molecule has 8 heteroatoms. The second kappa shape index (κ2) is 7.44. The molecule has 0 fully saturated rings. The van der Waals surface area contributed by atoms with Crippen LogP contribution in [0.15, 0.2) is 49.3 Å². The molecule has 3 aromatic rings. The Morgan fingerprint density at radius 2 is 2.21 bits per heavy atom. The molecule has 0 radical (unpaired) electrons. The highest BCUT2D eigenvalue weighted by atomic mass is 35.5. The molecule has 6 nitrogen and oxygen atoms in total. The molecule has 1 amide bonds. The Morgan fingerprint density at radius 1 is 1.36 bits per heavy atom. The molecule has 1 aliphatic heterocycles. The molecule has 4 rings (SSSR count). The summed E-state index contributed by atoms with van der Waals surface area (Å²) < 4.78 is 19.9. The number of carbonyl (C=O) groups excluding carboxylic acids is 1. The second-order valence-corrected chi connectivity index (χ2v) is 6.60. The van der Waals surface area contributed by atoms with Gasteiger partial charge in [-0.15, -0.1) is 0 Å². The summed E-state index contributed by atoms with van der Waals surface area (Å²) in [6, 6.07) is 7.95. The van der Waals surface area contributed by atoms with Gasteiger partial charge in [0.2, 0.25) is 0 Å². The molecule has 0 spiro atoms. The van der Waals surface area contributed by atoms with Gasteiger partial charge in [-0.2, -0.15) is 0 Å². The summed E-state index contributed by atoms with van der Waals surface area (Å²) in [7, 11) is 0. The van der Waals surface area contributed by atoms with E-state index in [2.05, 4.69) is 21.9 Å². The number of aromatic nitrogens is 2. The highest BCUT2D eigenvalue weighted by Crippen LogP contribution is 2.40. The zero-order valence-corrected chi connectivity index (χ0v) is 15.5. The van der Waals surface area contributed by atoms with E-state index in [1.807, 2.05) is 0 Å². The highest BCUT2D eigenvalue weighted by Gasteiger charge is 2.25. The van der Waals surface area contributed by atoms with E-state index in [9.17, 15) is 9.18 Å². The Balaban J connectivity index is 1.76. The van der Waals surface area contributed by atoms with Crippen LogP contribution in [-0.4, -0.2) is 29.0 Å². The quantitative estimate of drug-likeness (QED) is 0.674. The number of hydrogen-bond acceptors (Lipinski definition) is 5. The van der Waals surface area contributed by atoms with Gasteiger partial charge in [0.25, 0.3) is 5.91 Å². The van der Waals surface area contributed by atoms with Gasteiger partial charge >= 0.3 is 0 Å². The van der Waals surface area contributed by atoms with E-state index in [0.717, 1.165) is 0 Å². The average Bonchev–Trinajstić information content (AvgIpc) is 2.73. The van der Waals surface area contributed by atoms with Crippen molar-refractivity contribution >= 4 is 39.9 Å². The van der Waals surface area contributed by atoms with Crippen molar-refractivity contribution < 1.29 is 13.9 Å². The third-order valence-electron chi connectivity index (χ3n) is 4.48. The van der Waals surface area contributed by atoms with Crippen LogP contribution in [0, 0.1) is 5.82 Å². The zero-order valence-electron chi connectivity index (χ0n) is 14.8. The van der Waals surface area contributed by atoms with Gasteiger partial charge in [0.15, 0.2) is 5.75 Å². The van der Waals surface area contributed by atoms with Crippen LogP contribution in [0.25, 0.3) is 10.9 Å². The molecule has 0 atom stereocenters. The fraction of sp³-hybridized carbons (Fsp3) is 0.150. The molecule has 28 heavy (non-hydrogen) atoms. The van der Waals surface area contributed by atoms with E-state index in [0.29, 0.717) is 51.9 Å². The molecular weight excluding hydrogens is 383 g/mol. The monoisotopic (exact) mass is 398 g/mol. The summed E-state index contributed by atoms with van der Waals surface area (Å²) in [5, 5.41) is 4.20. The Morgan fingerprint density at radius 3 is 3.04 bits per heavy atom. The largest absolute Gasteiger partial charge is 0.489 e. The van der Waals surface area contributed by atoms with E-state index in [1.54, 1.807) is 23.1 Å². The Labute approximate surface area is 165 Å². The number of carbonyl (C=O) groups is 1. The number of amides is 1. The molecule has 2 heterocycles. The van der Waals surface area contributed by atoms with E-state index in [4.69, 9.17) is 16.3 Å². The van der Waals surface area contributed by atoms with Gasteiger partial charge in [0, 0.05) is 17.1 Å². The molecule has 1 aromatic heterocycles. The van der Waals surface area contributed by atoms with Gasteiger partial charge in [0.1, 0.15) is 24.6 Å². The topological polar surface area (TPSA) is 67.4 Å². The molecule has 1 N–H and O–H groups in total. The predicted octanol–water partition coefficient (Wildman–Crippen LogP) is 3.95. The first-order valence-electron chi connectivity index (χ1n) is 8.60. The maximum absolute atomic E-state index is 14.0. The lowest BCUT2D eigenvalue weighted by atomic mass is 10.1. The summed E-state index contributed by atoms with van der Waals surface area (Å²) in [5.41, 5.74) is 1.68. The van der Waals surface area contributed by atoms with Crippen LogP contribution in [0.5, 0.6) is 5.75 Å². The van der Waals surface area contributed by atoms with Gasteiger partial charge in [-0.05, 0) is 36.4 Å². The fourth-order valence-electron chi connectivity index (χ4n) is 3.16.